The third kappa shape index (κ3) is 21.3. The summed E-state index contributed by atoms with van der Waals surface area (Å²) in [5.74, 6) is -4.41. The van der Waals surface area contributed by atoms with Gasteiger partial charge in [-0.1, -0.05) is 0 Å². The molecule has 4 aromatic carbocycles. The molecule has 0 radical (unpaired) electrons. The number of nitrogens with zero attached hydrogens (tertiary/aromatic N) is 4. The summed E-state index contributed by atoms with van der Waals surface area (Å²) in [7, 11) is -17.9. The van der Waals surface area contributed by atoms with Crippen molar-refractivity contribution in [2.24, 2.45) is 20.5 Å². The molecule has 40 heteroatoms. The van der Waals surface area contributed by atoms with Crippen LogP contribution in [-0.4, -0.2) is 88.9 Å². The molecular weight excluding hydrogens is 1110 g/mol. The van der Waals surface area contributed by atoms with Gasteiger partial charge in [0.2, 0.25) is 0 Å². The number of sulfone groups is 2. The molecule has 0 saturated carbocycles. The van der Waals surface area contributed by atoms with E-state index in [9.17, 15) is 67.9 Å². The molecule has 0 aromatic heterocycles. The zero-order chi connectivity index (χ0) is 46.6. The Kier molecular flexibility index (Phi) is 34.5. The average molecular weight is 1140 g/mol. The molecule has 4 rings (SSSR count). The van der Waals surface area contributed by atoms with Gasteiger partial charge in [-0.2, -0.15) is 4.33 Å². The Morgan fingerprint density at radius 3 is 1.91 bits per heavy atom. The summed E-state index contributed by atoms with van der Waals surface area (Å²) in [4.78, 5) is -2.66. The van der Waals surface area contributed by atoms with Crippen molar-refractivity contribution < 1.29 is 253 Å². The van der Waals surface area contributed by atoms with Crippen molar-refractivity contribution in [3.8, 4) is 11.5 Å². The van der Waals surface area contributed by atoms with Crippen LogP contribution in [0.25, 0.3) is 10.8 Å². The van der Waals surface area contributed by atoms with Crippen LogP contribution in [0.2, 0.25) is 0 Å². The molecule has 0 aliphatic carbocycles. The Balaban J connectivity index is 0. The molecule has 0 heterocycles. The first-order chi connectivity index (χ1) is 29.6. The Hall–Kier alpha value is 0.910. The zero-order valence-electron chi connectivity index (χ0n) is 35.8. The molecule has 1 atom stereocenters. The molecule has 1 unspecified atom stereocenters. The van der Waals surface area contributed by atoms with E-state index in [2.05, 4.69) is 58.1 Å². The fourth-order valence-electron chi connectivity index (χ4n) is 4.84. The van der Waals surface area contributed by atoms with E-state index in [-0.39, 0.29) is 205 Å². The number of anilines is 1. The number of rotatable bonds is 25. The summed E-state index contributed by atoms with van der Waals surface area (Å²) >= 11 is -2.31. The van der Waals surface area contributed by atoms with Crippen LogP contribution in [0.5, 0.6) is 11.5 Å². The summed E-state index contributed by atoms with van der Waals surface area (Å²) in [5.41, 5.74) is -2.37. The number of ether oxygens (including phenoxy) is 1. The van der Waals surface area contributed by atoms with Crippen LogP contribution >= 0.6 is 24.4 Å². The van der Waals surface area contributed by atoms with Crippen LogP contribution in [-0.2, 0) is 83.3 Å². The summed E-state index contributed by atoms with van der Waals surface area (Å²) in [6.45, 7) is -0.606. The summed E-state index contributed by atoms with van der Waals surface area (Å²) in [5, 5.41) is 69.2. The van der Waals surface area contributed by atoms with Crippen LogP contribution in [0.4, 0.5) is 28.4 Å². The van der Waals surface area contributed by atoms with Gasteiger partial charge in [0.15, 0.2) is 48.8 Å². The van der Waals surface area contributed by atoms with E-state index in [1.807, 2.05) is 0 Å². The molecule has 0 bridgehead atoms. The van der Waals surface area contributed by atoms with Gasteiger partial charge < -0.3 is 40.0 Å². The second-order valence-electron chi connectivity index (χ2n) is 11.4. The van der Waals surface area contributed by atoms with Gasteiger partial charge in [0.1, 0.15) is 54.6 Å². The molecule has 0 aliphatic heterocycles. The standard InChI is InChI=1S/C28H29N5O23S7.5Na/c1-49-23-7-3-16(61(41,42)11-9-59(38)56-53-37)12-22(23)31-33-27-24(57-54-51-35)14-19-18(28(27)34)4-6-21(29-15-62(43,44)45)26(19)32-30-20-5-2-17(13-25(20)63(46,47)48)60(39,40)10-8-50-58-55-52-36;;;;;/h2-7,12-14,29,34-37H,8-11,15H2,1H3,(H,43,44,45)(H,46,47,48);;;;;/q;5*+1/p-5. The average Bonchev–Trinajstić information content (AvgIpc) is 3.22. The maximum atomic E-state index is 12.9. The van der Waals surface area contributed by atoms with Crippen molar-refractivity contribution in [1.29, 1.82) is 0 Å². The number of hydrogen-bond donors (Lipinski definition) is 2. The number of nitrogens with one attached hydrogen (secondary N) is 1. The normalized spacial score (nSPS) is 12.3. The monoisotopic (exact) mass is 1140 g/mol. The zero-order valence-corrected chi connectivity index (χ0v) is 51.5. The van der Waals surface area contributed by atoms with E-state index in [4.69, 9.17) is 4.74 Å². The molecular formula is C28H24N5Na5O23S7. The van der Waals surface area contributed by atoms with E-state index in [0.717, 1.165) is 42.5 Å². The summed E-state index contributed by atoms with van der Waals surface area (Å²) in [6.07, 6.45) is 0. The molecule has 0 spiro atoms. The van der Waals surface area contributed by atoms with Gasteiger partial charge in [0, 0.05) is 10.8 Å². The first-order valence-electron chi connectivity index (χ1n) is 16.0. The minimum Gasteiger partial charge on any atom is -0.747 e. The maximum absolute atomic E-state index is 12.9. The molecule has 0 saturated heterocycles. The second-order valence-corrected chi connectivity index (χ2v) is 20.7. The van der Waals surface area contributed by atoms with Crippen molar-refractivity contribution >= 4 is 115 Å². The van der Waals surface area contributed by atoms with Crippen LogP contribution < -0.4 is 174 Å². The third-order valence-electron chi connectivity index (χ3n) is 7.54. The smallest absolute Gasteiger partial charge is 0.747 e. The first kappa shape index (κ1) is 71.0. The number of phenols is 1. The van der Waals surface area contributed by atoms with E-state index >= 15 is 0 Å². The molecule has 0 amide bonds. The van der Waals surface area contributed by atoms with Gasteiger partial charge in [-0.15, -0.1) is 29.1 Å². The minimum absolute atomic E-state index is 0. The fourth-order valence-corrected chi connectivity index (χ4v) is 10.1. The SMILES string of the molecule is COc1ccc(S(=O)(=O)CCS(=O)OO[O-])cc1N=Nc1c(SOO[O-])cc2c(N=Nc3ccc(S(=O)(=O)CCOSOO[O-])cc3S(=O)(=O)[O-])c(NCS(=O)(=O)[O-])ccc2c1O.[Na+].[Na+].[Na+].[Na+].[Na+]. The largest absolute Gasteiger partial charge is 1.00 e. The summed E-state index contributed by atoms with van der Waals surface area (Å²) in [6, 6.07) is 8.61. The molecule has 0 aliphatic rings. The number of aromatic hydroxyl groups is 1. The Morgan fingerprint density at radius 2 is 1.31 bits per heavy atom. The van der Waals surface area contributed by atoms with Gasteiger partial charge in [-0.3, -0.25) is 19.3 Å². The van der Waals surface area contributed by atoms with Crippen LogP contribution in [0.3, 0.4) is 0 Å². The molecule has 346 valence electrons. The topological polar surface area (TPSA) is 424 Å². The van der Waals surface area contributed by atoms with Crippen molar-refractivity contribution in [3.05, 3.63) is 54.6 Å². The van der Waals surface area contributed by atoms with Crippen molar-refractivity contribution in [2.45, 2.75) is 19.6 Å². The minimum atomic E-state index is -5.53. The molecule has 28 nitrogen and oxygen atoms in total. The van der Waals surface area contributed by atoms with Gasteiger partial charge in [-0.25, -0.2) is 37.9 Å². The van der Waals surface area contributed by atoms with Crippen molar-refractivity contribution in [2.75, 3.05) is 42.2 Å². The van der Waals surface area contributed by atoms with Crippen LogP contribution in [0.15, 0.2) is 94.6 Å². The van der Waals surface area contributed by atoms with E-state index < -0.39 is 118 Å². The third-order valence-corrected chi connectivity index (χ3v) is 14.3. The number of methoxy groups -OCH3 is 1. The summed E-state index contributed by atoms with van der Waals surface area (Å²) < 4.78 is 157. The number of hydrogen-bond acceptors (Lipinski definition) is 30. The van der Waals surface area contributed by atoms with Gasteiger partial charge >= 0.3 is 148 Å². The number of benzene rings is 4. The molecule has 2 N–H and O–H groups in total. The predicted molar refractivity (Wildman–Crippen MR) is 203 cm³/mol. The second kappa shape index (κ2) is 33.1. The predicted octanol–water partition coefficient (Wildman–Crippen LogP) is -14.3. The van der Waals surface area contributed by atoms with Gasteiger partial charge in [-0.05, 0) is 54.6 Å². The maximum Gasteiger partial charge on any atom is 1.00 e. The molecule has 0 fully saturated rings. The first-order valence-corrected chi connectivity index (χ1v) is 24.9. The Labute approximate surface area is 508 Å². The van der Waals surface area contributed by atoms with E-state index in [1.54, 1.807) is 0 Å². The number of fused-ring (bicyclic) bond motifs is 1. The van der Waals surface area contributed by atoms with Crippen molar-refractivity contribution in [1.82, 2.24) is 0 Å². The number of azo groups is 2. The van der Waals surface area contributed by atoms with Crippen molar-refractivity contribution in [3.63, 3.8) is 0 Å². The van der Waals surface area contributed by atoms with E-state index in [0.29, 0.717) is 6.07 Å². The Bertz CT molecular complexity index is 2860. The van der Waals surface area contributed by atoms with Gasteiger partial charge in [0.05, 0.1) is 68.3 Å². The molecule has 68 heavy (non-hydrogen) atoms. The van der Waals surface area contributed by atoms with Crippen LogP contribution in [0.1, 0.15) is 0 Å². The molecule has 4 aromatic rings. The quantitative estimate of drug-likeness (QED) is 0.0118. The van der Waals surface area contributed by atoms with E-state index in [1.165, 1.54) is 13.2 Å². The fraction of sp³-hybridized carbons (Fsp3) is 0.214. The Morgan fingerprint density at radius 1 is 0.706 bits per heavy atom. The van der Waals surface area contributed by atoms with Crippen LogP contribution in [0, 0.1) is 0 Å². The number of phenolic OH excluding ortho intramolecular Hbond substituents is 1. The van der Waals surface area contributed by atoms with Gasteiger partial charge in [0.25, 0.3) is 0 Å².